The Balaban J connectivity index is 3.36. The Hall–Kier alpha value is -0.810. The van der Waals surface area contributed by atoms with E-state index in [2.05, 4.69) is 17.9 Å². The Morgan fingerprint density at radius 1 is 1.36 bits per heavy atom. The van der Waals surface area contributed by atoms with Crippen LogP contribution in [0.1, 0.15) is 40.5 Å². The summed E-state index contributed by atoms with van der Waals surface area (Å²) in [4.78, 5) is 15.9. The van der Waals surface area contributed by atoms with Crippen LogP contribution in [0.2, 0.25) is 0 Å². The van der Waals surface area contributed by atoms with E-state index < -0.39 is 11.7 Å². The van der Waals surface area contributed by atoms with E-state index in [1.165, 1.54) is 0 Å². The zero-order valence-corrected chi connectivity index (χ0v) is 9.35. The van der Waals surface area contributed by atoms with Crippen LogP contribution in [0.25, 0.3) is 0 Å². The average molecular weight is 204 g/mol. The Morgan fingerprint density at radius 2 is 2.00 bits per heavy atom. The molecule has 0 aliphatic heterocycles. The van der Waals surface area contributed by atoms with Gasteiger partial charge in [-0.3, -0.25) is 4.84 Å². The monoisotopic (exact) mass is 204 g/mol. The lowest BCUT2D eigenvalue weighted by atomic mass is 10.2. The molecule has 0 fully saturated rings. The number of hydrazine groups is 1. The Morgan fingerprint density at radius 3 is 2.50 bits per heavy atom. The lowest BCUT2D eigenvalue weighted by Crippen LogP contribution is -2.41. The third-order valence-corrected chi connectivity index (χ3v) is 1.22. The van der Waals surface area contributed by atoms with Gasteiger partial charge in [-0.15, -0.1) is 5.59 Å². The minimum absolute atomic E-state index is 0.491. The predicted octanol–water partition coefficient (Wildman–Crippen LogP) is 1.75. The van der Waals surface area contributed by atoms with E-state index in [1.807, 2.05) is 0 Å². The number of carbonyl (C=O) groups is 1. The van der Waals surface area contributed by atoms with Crippen molar-refractivity contribution in [1.29, 1.82) is 0 Å². The number of hydrogen-bond donors (Lipinski definition) is 2. The molecule has 0 aromatic carbocycles. The molecule has 14 heavy (non-hydrogen) atoms. The van der Waals surface area contributed by atoms with Gasteiger partial charge >= 0.3 is 6.09 Å². The van der Waals surface area contributed by atoms with Gasteiger partial charge in [-0.05, 0) is 27.2 Å². The molecular weight excluding hydrogens is 184 g/mol. The molecule has 0 atom stereocenters. The van der Waals surface area contributed by atoms with E-state index in [0.29, 0.717) is 6.61 Å². The maximum Gasteiger partial charge on any atom is 0.423 e. The quantitative estimate of drug-likeness (QED) is 0.529. The van der Waals surface area contributed by atoms with E-state index in [4.69, 9.17) is 9.57 Å². The third-order valence-electron chi connectivity index (χ3n) is 1.22. The van der Waals surface area contributed by atoms with Crippen molar-refractivity contribution in [1.82, 2.24) is 11.0 Å². The highest BCUT2D eigenvalue weighted by molar-refractivity contribution is 5.66. The molecule has 5 nitrogen and oxygen atoms in total. The van der Waals surface area contributed by atoms with Gasteiger partial charge in [-0.2, -0.15) is 0 Å². The fourth-order valence-corrected chi connectivity index (χ4v) is 0.649. The molecule has 0 rings (SSSR count). The number of nitrogens with one attached hydrogen (secondary N) is 2. The first-order chi connectivity index (χ1) is 6.45. The van der Waals surface area contributed by atoms with Gasteiger partial charge in [-0.25, -0.2) is 10.2 Å². The van der Waals surface area contributed by atoms with Crippen LogP contribution in [-0.2, 0) is 9.57 Å². The van der Waals surface area contributed by atoms with E-state index in [1.54, 1.807) is 20.8 Å². The number of ether oxygens (including phenoxy) is 1. The predicted molar refractivity (Wildman–Crippen MR) is 53.4 cm³/mol. The zero-order valence-electron chi connectivity index (χ0n) is 9.35. The molecular formula is C9H20N2O3. The molecule has 0 unspecified atom stereocenters. The first-order valence-corrected chi connectivity index (χ1v) is 4.81. The highest BCUT2D eigenvalue weighted by Crippen LogP contribution is 2.05. The van der Waals surface area contributed by atoms with Gasteiger partial charge < -0.3 is 4.74 Å². The van der Waals surface area contributed by atoms with E-state index in [-0.39, 0.29) is 0 Å². The summed E-state index contributed by atoms with van der Waals surface area (Å²) in [5.74, 6) is 0. The van der Waals surface area contributed by atoms with Crippen molar-refractivity contribution >= 4 is 6.09 Å². The highest BCUT2D eigenvalue weighted by Gasteiger charge is 2.15. The van der Waals surface area contributed by atoms with Gasteiger partial charge in [0.2, 0.25) is 0 Å². The minimum atomic E-state index is -0.547. The van der Waals surface area contributed by atoms with E-state index in [9.17, 15) is 4.79 Å². The number of rotatable bonds is 5. The molecule has 0 aromatic rings. The fraction of sp³-hybridized carbons (Fsp3) is 0.889. The number of amides is 1. The third kappa shape index (κ3) is 9.28. The molecule has 2 N–H and O–H groups in total. The number of hydrogen-bond acceptors (Lipinski definition) is 4. The summed E-state index contributed by atoms with van der Waals surface area (Å²) in [6, 6.07) is 0. The number of unbranched alkanes of at least 4 members (excludes halogenated alkanes) is 1. The van der Waals surface area contributed by atoms with Crippen LogP contribution in [0.5, 0.6) is 0 Å². The minimum Gasteiger partial charge on any atom is -0.443 e. The first-order valence-electron chi connectivity index (χ1n) is 4.81. The molecule has 5 heteroatoms. The van der Waals surface area contributed by atoms with Crippen LogP contribution in [0.3, 0.4) is 0 Å². The molecule has 0 saturated carbocycles. The van der Waals surface area contributed by atoms with Gasteiger partial charge in [0, 0.05) is 0 Å². The second-order valence-electron chi connectivity index (χ2n) is 3.93. The Labute approximate surface area is 85.1 Å². The van der Waals surface area contributed by atoms with Gasteiger partial charge in [0.05, 0.1) is 6.61 Å². The second-order valence-corrected chi connectivity index (χ2v) is 3.93. The highest BCUT2D eigenvalue weighted by atomic mass is 16.7. The summed E-state index contributed by atoms with van der Waals surface area (Å²) in [6.07, 6.45) is 1.45. The number of carbonyl (C=O) groups excluding carboxylic acids is 1. The largest absolute Gasteiger partial charge is 0.443 e. The van der Waals surface area contributed by atoms with Gasteiger partial charge in [-0.1, -0.05) is 13.3 Å². The van der Waals surface area contributed by atoms with Crippen LogP contribution >= 0.6 is 0 Å². The average Bonchev–Trinajstić information content (AvgIpc) is 2.00. The molecule has 0 bridgehead atoms. The summed E-state index contributed by atoms with van der Waals surface area (Å²) < 4.78 is 4.95. The lowest BCUT2D eigenvalue weighted by molar-refractivity contribution is -0.00810. The van der Waals surface area contributed by atoms with Crippen molar-refractivity contribution in [3.63, 3.8) is 0 Å². The van der Waals surface area contributed by atoms with Gasteiger partial charge in [0.25, 0.3) is 0 Å². The summed E-state index contributed by atoms with van der Waals surface area (Å²) in [7, 11) is 0. The molecule has 0 aliphatic carbocycles. The second kappa shape index (κ2) is 6.62. The Kier molecular flexibility index (Phi) is 6.23. The lowest BCUT2D eigenvalue weighted by Gasteiger charge is -2.19. The smallest absolute Gasteiger partial charge is 0.423 e. The van der Waals surface area contributed by atoms with Crippen LogP contribution in [0, 0.1) is 0 Å². The zero-order chi connectivity index (χ0) is 11.0. The molecule has 0 spiro atoms. The normalized spacial score (nSPS) is 11.1. The van der Waals surface area contributed by atoms with Gasteiger partial charge in [0.15, 0.2) is 0 Å². The van der Waals surface area contributed by atoms with Crippen LogP contribution in [-0.4, -0.2) is 18.3 Å². The van der Waals surface area contributed by atoms with Crippen molar-refractivity contribution in [3.05, 3.63) is 0 Å². The van der Waals surface area contributed by atoms with Crippen molar-refractivity contribution in [3.8, 4) is 0 Å². The standard InChI is InChI=1S/C9H20N2O3/c1-5-6-7-13-11-10-8(12)14-9(2,3)4/h11H,5-7H2,1-4H3,(H,10,12). The topological polar surface area (TPSA) is 59.6 Å². The summed E-state index contributed by atoms with van der Waals surface area (Å²) in [5.41, 5.74) is 4.09. The van der Waals surface area contributed by atoms with E-state index >= 15 is 0 Å². The van der Waals surface area contributed by atoms with Crippen molar-refractivity contribution in [2.45, 2.75) is 46.1 Å². The van der Waals surface area contributed by atoms with Crippen molar-refractivity contribution < 1.29 is 14.4 Å². The summed E-state index contributed by atoms with van der Waals surface area (Å²) in [5, 5.41) is 0. The fourth-order valence-electron chi connectivity index (χ4n) is 0.649. The van der Waals surface area contributed by atoms with Crippen molar-refractivity contribution in [2.24, 2.45) is 0 Å². The summed E-state index contributed by atoms with van der Waals surface area (Å²) in [6.45, 7) is 8.01. The molecule has 0 saturated heterocycles. The molecule has 0 heterocycles. The van der Waals surface area contributed by atoms with Crippen LogP contribution in [0.15, 0.2) is 0 Å². The maximum atomic E-state index is 11.0. The van der Waals surface area contributed by atoms with Crippen molar-refractivity contribution in [2.75, 3.05) is 6.61 Å². The first kappa shape index (κ1) is 13.2. The summed E-state index contributed by atoms with van der Waals surface area (Å²) >= 11 is 0. The van der Waals surface area contributed by atoms with Crippen LogP contribution in [0.4, 0.5) is 4.79 Å². The molecule has 0 aromatic heterocycles. The Bertz CT molecular complexity index is 166. The van der Waals surface area contributed by atoms with E-state index in [0.717, 1.165) is 12.8 Å². The maximum absolute atomic E-state index is 11.0. The molecule has 0 aliphatic rings. The molecule has 84 valence electrons. The van der Waals surface area contributed by atoms with Gasteiger partial charge in [0.1, 0.15) is 5.60 Å². The molecule has 0 radical (unpaired) electrons. The SMILES string of the molecule is CCCCONNC(=O)OC(C)(C)C. The molecule has 1 amide bonds. The van der Waals surface area contributed by atoms with Crippen LogP contribution < -0.4 is 11.0 Å².